The van der Waals surface area contributed by atoms with E-state index in [-0.39, 0.29) is 19.8 Å². The molecule has 0 atom stereocenters. The third-order valence-electron chi connectivity index (χ3n) is 11.2. The van der Waals surface area contributed by atoms with Crippen LogP contribution in [0.5, 0.6) is 23.0 Å². The molecule has 14 nitrogen and oxygen atoms in total. The van der Waals surface area contributed by atoms with Gasteiger partial charge < -0.3 is 39.5 Å². The number of aromatic nitrogens is 6. The third kappa shape index (κ3) is 12.0. The van der Waals surface area contributed by atoms with Gasteiger partial charge in [-0.1, -0.05) is 47.9 Å². The molecule has 4 aromatic carbocycles. The monoisotopic (exact) mass is 964 g/mol. The molecule has 0 bridgehead atoms. The Morgan fingerprint density at radius 2 is 1.06 bits per heavy atom. The van der Waals surface area contributed by atoms with E-state index < -0.39 is 0 Å². The van der Waals surface area contributed by atoms with Crippen LogP contribution in [-0.2, 0) is 52.6 Å². The van der Waals surface area contributed by atoms with Gasteiger partial charge in [-0.05, 0) is 81.4 Å². The number of imidazole rings is 2. The van der Waals surface area contributed by atoms with Crippen LogP contribution in [0.4, 0.5) is 0 Å². The van der Waals surface area contributed by atoms with E-state index in [0.29, 0.717) is 72.4 Å². The van der Waals surface area contributed by atoms with Crippen LogP contribution in [0.15, 0.2) is 127 Å². The van der Waals surface area contributed by atoms with E-state index in [1.807, 2.05) is 36.4 Å². The summed E-state index contributed by atoms with van der Waals surface area (Å²) >= 11 is 3.75. The molecule has 0 aliphatic heterocycles. The van der Waals surface area contributed by atoms with Gasteiger partial charge in [-0.2, -0.15) is 10.5 Å². The van der Waals surface area contributed by atoms with E-state index >= 15 is 0 Å². The number of halogens is 1. The summed E-state index contributed by atoms with van der Waals surface area (Å²) in [6.45, 7) is 7.25. The van der Waals surface area contributed by atoms with Crippen molar-refractivity contribution in [2.75, 3.05) is 0 Å². The number of nitriles is 2. The number of nitrogens with one attached hydrogen (secondary N) is 4. The molecular weight excluding hydrogens is 919 g/mol. The molecule has 0 saturated heterocycles. The molecule has 0 amide bonds. The van der Waals surface area contributed by atoms with Crippen LogP contribution in [0.3, 0.4) is 0 Å². The first-order valence-electron chi connectivity index (χ1n) is 21.7. The van der Waals surface area contributed by atoms with Crippen molar-refractivity contribution in [1.29, 1.82) is 10.5 Å². The summed E-state index contributed by atoms with van der Waals surface area (Å²) < 4.78 is 26.4. The van der Waals surface area contributed by atoms with Crippen molar-refractivity contribution >= 4 is 29.2 Å². The van der Waals surface area contributed by atoms with Gasteiger partial charge in [0.25, 0.3) is 0 Å². The second-order valence-corrected chi connectivity index (χ2v) is 16.7. The Kier molecular flexibility index (Phi) is 15.6. The lowest BCUT2D eigenvalue weighted by atomic mass is 9.91. The summed E-state index contributed by atoms with van der Waals surface area (Å²) in [5.41, 5.74) is 11.0. The Hall–Kier alpha value is -7.76. The number of nitrogens with zero attached hydrogens (tertiary/aromatic N) is 6. The maximum absolute atomic E-state index is 9.39. The number of aromatic amines is 2. The zero-order chi connectivity index (χ0) is 47.2. The molecule has 8 aromatic rings. The number of rotatable bonds is 21. The molecule has 0 aliphatic carbocycles. The Labute approximate surface area is 404 Å². The molecule has 4 heterocycles. The van der Waals surface area contributed by atoms with Crippen LogP contribution in [0.2, 0.25) is 0 Å². The zero-order valence-corrected chi connectivity index (χ0v) is 39.1. The molecule has 4 N–H and O–H groups in total. The number of hydrogen-bond donors (Lipinski definition) is 4. The minimum atomic E-state index is 0.199. The van der Waals surface area contributed by atoms with Crippen molar-refractivity contribution < 1.29 is 18.9 Å². The van der Waals surface area contributed by atoms with Crippen LogP contribution in [0, 0.1) is 36.5 Å². The lowest BCUT2D eigenvalue weighted by molar-refractivity contribution is 0.285. The largest absolute Gasteiger partial charge is 0.489 e. The number of hydrogen-bond acceptors (Lipinski definition) is 12. The van der Waals surface area contributed by atoms with Crippen molar-refractivity contribution in [1.82, 2.24) is 40.5 Å². The SMILES string of the molecule is [B]c1cc(CNCc2ncc[nH]2)c(OCc2cncc(C#N)c2)cc1OCc1cccc(-c2cccc(COc3cc(OCc4cncc(C#N)c4)c(CNCc4ncc[nH]4)cc3Br)c2C)c1C. The van der Waals surface area contributed by atoms with Gasteiger partial charge in [0.1, 0.15) is 81.1 Å². The van der Waals surface area contributed by atoms with Gasteiger partial charge in [0, 0.05) is 97.1 Å². The number of pyridine rings is 2. The fourth-order valence-electron chi connectivity index (χ4n) is 7.55. The maximum Gasteiger partial charge on any atom is 0.137 e. The number of H-pyrrole nitrogens is 2. The van der Waals surface area contributed by atoms with E-state index in [2.05, 4.69) is 107 Å². The zero-order valence-electron chi connectivity index (χ0n) is 37.5. The maximum atomic E-state index is 9.39. The van der Waals surface area contributed by atoms with E-state index in [1.54, 1.807) is 49.3 Å². The van der Waals surface area contributed by atoms with Crippen molar-refractivity contribution in [2.45, 2.75) is 66.5 Å². The summed E-state index contributed by atoms with van der Waals surface area (Å²) in [5.74, 6) is 3.97. The molecule has 2 radical (unpaired) electrons. The third-order valence-corrected chi connectivity index (χ3v) is 11.8. The van der Waals surface area contributed by atoms with E-state index in [1.165, 1.54) is 12.4 Å². The topological polar surface area (TPSA) is 192 Å². The normalized spacial score (nSPS) is 10.9. The number of ether oxygens (including phenoxy) is 4. The highest BCUT2D eigenvalue weighted by Gasteiger charge is 2.17. The highest BCUT2D eigenvalue weighted by Crippen LogP contribution is 2.36. The summed E-state index contributed by atoms with van der Waals surface area (Å²) in [4.78, 5) is 23.2. The molecule has 0 fully saturated rings. The molecular formula is C52H46BBrN10O4. The first kappa shape index (κ1) is 46.8. The number of benzene rings is 4. The quantitative estimate of drug-likeness (QED) is 0.0504. The van der Waals surface area contributed by atoms with Gasteiger partial charge in [0.2, 0.25) is 0 Å². The Bertz CT molecular complexity index is 2870. The predicted molar refractivity (Wildman–Crippen MR) is 261 cm³/mol. The minimum Gasteiger partial charge on any atom is -0.489 e. The van der Waals surface area contributed by atoms with Crippen LogP contribution in [0.1, 0.15) is 67.3 Å². The summed E-state index contributed by atoms with van der Waals surface area (Å²) in [5, 5.41) is 25.6. The molecule has 68 heavy (non-hydrogen) atoms. The summed E-state index contributed by atoms with van der Waals surface area (Å²) in [6, 6.07) is 27.8. The second-order valence-electron chi connectivity index (χ2n) is 15.9. The lowest BCUT2D eigenvalue weighted by Crippen LogP contribution is -2.18. The van der Waals surface area contributed by atoms with Crippen molar-refractivity contribution in [2.24, 2.45) is 0 Å². The standard InChI is InChI=1S/C52H46BBrN10O4/c1-33-39(31-67-49-17-47(65-29-37-13-35(19-55)21-57-23-37)41(15-45(49)53)25-59-27-51-61-9-10-62-51)5-3-7-43(33)44-8-4-6-40(34(44)2)32-68-50-18-48(66-30-38-14-36(20-56)22-58-24-38)42(16-46(50)54)26-60-28-52-63-11-12-64-52/h3-18,21-24,59-60H,25-32H2,1-2H3,(H,61,62)(H,63,64). The molecule has 0 saturated carbocycles. The Morgan fingerprint density at radius 3 is 1.56 bits per heavy atom. The first-order chi connectivity index (χ1) is 33.2. The fourth-order valence-corrected chi connectivity index (χ4v) is 8.06. The second kappa shape index (κ2) is 22.6. The van der Waals surface area contributed by atoms with Gasteiger partial charge in [0.15, 0.2) is 0 Å². The smallest absolute Gasteiger partial charge is 0.137 e. The molecule has 4 aromatic heterocycles. The molecule has 0 unspecified atom stereocenters. The lowest BCUT2D eigenvalue weighted by Gasteiger charge is -2.19. The molecule has 16 heteroatoms. The van der Waals surface area contributed by atoms with Crippen molar-refractivity contribution in [3.8, 4) is 46.3 Å². The molecule has 8 rings (SSSR count). The van der Waals surface area contributed by atoms with E-state index in [4.69, 9.17) is 26.8 Å². The highest BCUT2D eigenvalue weighted by atomic mass is 79.9. The summed E-state index contributed by atoms with van der Waals surface area (Å²) in [7, 11) is 6.63. The van der Waals surface area contributed by atoms with Gasteiger partial charge in [-0.15, -0.1) is 0 Å². The van der Waals surface area contributed by atoms with Crippen molar-refractivity contribution in [3.63, 3.8) is 0 Å². The first-order valence-corrected chi connectivity index (χ1v) is 22.5. The van der Waals surface area contributed by atoms with Gasteiger partial charge in [-0.3, -0.25) is 9.97 Å². The van der Waals surface area contributed by atoms with Crippen LogP contribution >= 0.6 is 15.9 Å². The average Bonchev–Trinajstić information content (AvgIpc) is 4.09. The van der Waals surface area contributed by atoms with Gasteiger partial charge in [0.05, 0.1) is 28.7 Å². The average molecular weight is 966 g/mol. The van der Waals surface area contributed by atoms with Crippen LogP contribution < -0.4 is 35.0 Å². The molecule has 0 spiro atoms. The molecule has 338 valence electrons. The highest BCUT2D eigenvalue weighted by molar-refractivity contribution is 9.10. The van der Waals surface area contributed by atoms with Gasteiger partial charge >= 0.3 is 0 Å². The van der Waals surface area contributed by atoms with Gasteiger partial charge in [-0.25, -0.2) is 9.97 Å². The predicted octanol–water partition coefficient (Wildman–Crippen LogP) is 8.40. The van der Waals surface area contributed by atoms with Crippen molar-refractivity contribution in [3.05, 3.63) is 194 Å². The summed E-state index contributed by atoms with van der Waals surface area (Å²) in [6.07, 6.45) is 13.4. The molecule has 0 aliphatic rings. The van der Waals surface area contributed by atoms with Crippen LogP contribution in [0.25, 0.3) is 11.1 Å². The van der Waals surface area contributed by atoms with E-state index in [0.717, 1.165) is 71.8 Å². The van der Waals surface area contributed by atoms with E-state index in [9.17, 15) is 10.5 Å². The Balaban J connectivity index is 0.973. The minimum absolute atomic E-state index is 0.199. The van der Waals surface area contributed by atoms with Crippen LogP contribution in [-0.4, -0.2) is 37.8 Å². The Morgan fingerprint density at radius 1 is 0.574 bits per heavy atom. The fraction of sp³-hybridized carbons (Fsp3) is 0.192.